The molecule has 0 aromatic heterocycles. The van der Waals surface area contributed by atoms with Gasteiger partial charge < -0.3 is 14.8 Å². The number of rotatable bonds is 6. The van der Waals surface area contributed by atoms with Crippen molar-refractivity contribution in [3.05, 3.63) is 58.1 Å². The summed E-state index contributed by atoms with van der Waals surface area (Å²) in [6.07, 6.45) is 1.17. The quantitative estimate of drug-likeness (QED) is 0.343. The molecule has 0 atom stereocenters. The van der Waals surface area contributed by atoms with E-state index in [2.05, 4.69) is 10.4 Å². The Kier molecular flexibility index (Phi) is 6.42. The number of nitro benzene ring substituents is 1. The third-order valence-electron chi connectivity index (χ3n) is 3.33. The number of benzene rings is 2. The van der Waals surface area contributed by atoms with E-state index in [-0.39, 0.29) is 11.4 Å². The van der Waals surface area contributed by atoms with Gasteiger partial charge in [0.25, 0.3) is 0 Å². The van der Waals surface area contributed by atoms with Gasteiger partial charge >= 0.3 is 17.5 Å². The van der Waals surface area contributed by atoms with Crippen LogP contribution in [0.15, 0.2) is 47.6 Å². The molecule has 140 valence electrons. The van der Waals surface area contributed by atoms with Crippen molar-refractivity contribution in [1.82, 2.24) is 5.43 Å². The summed E-state index contributed by atoms with van der Waals surface area (Å²) in [5, 5.41) is 17.0. The number of carbonyl (C=O) groups excluding carboxylic acids is 2. The molecule has 0 unspecified atom stereocenters. The van der Waals surface area contributed by atoms with Crippen LogP contribution >= 0.6 is 0 Å². The molecule has 27 heavy (non-hydrogen) atoms. The Labute approximate surface area is 153 Å². The summed E-state index contributed by atoms with van der Waals surface area (Å²) in [4.78, 5) is 33.9. The molecule has 10 nitrogen and oxygen atoms in total. The van der Waals surface area contributed by atoms with E-state index in [0.717, 1.165) is 0 Å². The zero-order chi connectivity index (χ0) is 19.8. The van der Waals surface area contributed by atoms with E-state index in [0.29, 0.717) is 17.0 Å². The number of hydrogen-bond donors (Lipinski definition) is 2. The van der Waals surface area contributed by atoms with Gasteiger partial charge in [-0.3, -0.25) is 19.7 Å². The van der Waals surface area contributed by atoms with Crippen LogP contribution in [0.4, 0.5) is 11.4 Å². The fraction of sp³-hybridized carbons (Fsp3) is 0.118. The maximum Gasteiger partial charge on any atom is 0.329 e. The van der Waals surface area contributed by atoms with Gasteiger partial charge in [0.2, 0.25) is 0 Å². The highest BCUT2D eigenvalue weighted by atomic mass is 16.6. The number of methoxy groups -OCH3 is 2. The summed E-state index contributed by atoms with van der Waals surface area (Å²) < 4.78 is 9.88. The minimum atomic E-state index is -0.995. The van der Waals surface area contributed by atoms with Gasteiger partial charge in [-0.1, -0.05) is 0 Å². The monoisotopic (exact) mass is 372 g/mol. The molecule has 2 rings (SSSR count). The summed E-state index contributed by atoms with van der Waals surface area (Å²) >= 11 is 0. The van der Waals surface area contributed by atoms with Crippen LogP contribution in [0.25, 0.3) is 0 Å². The Bertz CT molecular complexity index is 879. The third kappa shape index (κ3) is 5.26. The molecule has 0 bridgehead atoms. The highest BCUT2D eigenvalue weighted by Gasteiger charge is 2.15. The minimum absolute atomic E-state index is 0.0973. The van der Waals surface area contributed by atoms with Crippen molar-refractivity contribution < 1.29 is 24.0 Å². The van der Waals surface area contributed by atoms with Crippen LogP contribution in [0, 0.1) is 10.1 Å². The largest absolute Gasteiger partial charge is 0.497 e. The minimum Gasteiger partial charge on any atom is -0.497 e. The molecule has 0 saturated heterocycles. The predicted octanol–water partition coefficient (Wildman–Crippen LogP) is 1.70. The van der Waals surface area contributed by atoms with Gasteiger partial charge in [-0.25, -0.2) is 5.43 Å². The second kappa shape index (κ2) is 8.94. The number of nitrogens with one attached hydrogen (secondary N) is 2. The molecular weight excluding hydrogens is 356 g/mol. The molecule has 2 N–H and O–H groups in total. The molecule has 0 saturated carbocycles. The standard InChI is InChI=1S/C17H16N4O6/c1-26-13-6-4-12(5-7-13)19-16(22)17(23)20-18-10-11-3-8-15(27-2)14(9-11)21(24)25/h3-10H,1-2H3,(H,19,22)(H,20,23)/b18-10-. The molecule has 10 heteroatoms. The van der Waals surface area contributed by atoms with Gasteiger partial charge in [-0.15, -0.1) is 0 Å². The summed E-state index contributed by atoms with van der Waals surface area (Å²) in [7, 11) is 2.83. The second-order valence-electron chi connectivity index (χ2n) is 5.07. The van der Waals surface area contributed by atoms with Gasteiger partial charge in [0.05, 0.1) is 25.4 Å². The third-order valence-corrected chi connectivity index (χ3v) is 3.33. The number of nitro groups is 1. The highest BCUT2D eigenvalue weighted by Crippen LogP contribution is 2.26. The molecular formula is C17H16N4O6. The number of amides is 2. The van der Waals surface area contributed by atoms with Gasteiger partial charge in [0.15, 0.2) is 5.75 Å². The van der Waals surface area contributed by atoms with Crippen molar-refractivity contribution in [3.63, 3.8) is 0 Å². The normalized spacial score (nSPS) is 10.3. The first-order valence-corrected chi connectivity index (χ1v) is 7.55. The fourth-order valence-corrected chi connectivity index (χ4v) is 2.01. The lowest BCUT2D eigenvalue weighted by Crippen LogP contribution is -2.32. The van der Waals surface area contributed by atoms with Crippen molar-refractivity contribution in [2.75, 3.05) is 19.5 Å². The lowest BCUT2D eigenvalue weighted by molar-refractivity contribution is -0.385. The summed E-state index contributed by atoms with van der Waals surface area (Å²) in [5.74, 6) is -1.21. The van der Waals surface area contributed by atoms with Crippen molar-refractivity contribution in [2.45, 2.75) is 0 Å². The van der Waals surface area contributed by atoms with Gasteiger partial charge in [-0.05, 0) is 36.4 Å². The van der Waals surface area contributed by atoms with Crippen LogP contribution in [0.1, 0.15) is 5.56 Å². The smallest absolute Gasteiger partial charge is 0.329 e. The van der Waals surface area contributed by atoms with Crippen LogP contribution in [0.2, 0.25) is 0 Å². The van der Waals surface area contributed by atoms with Gasteiger partial charge in [0, 0.05) is 17.3 Å². The summed E-state index contributed by atoms with van der Waals surface area (Å²) in [6.45, 7) is 0. The molecule has 0 aliphatic rings. The molecule has 0 heterocycles. The lowest BCUT2D eigenvalue weighted by Gasteiger charge is -2.05. The molecule has 2 amide bonds. The van der Waals surface area contributed by atoms with E-state index in [1.54, 1.807) is 24.3 Å². The van der Waals surface area contributed by atoms with Crippen LogP contribution in [0.5, 0.6) is 11.5 Å². The number of anilines is 1. The maximum absolute atomic E-state index is 11.8. The number of nitrogens with zero attached hydrogens (tertiary/aromatic N) is 2. The first-order chi connectivity index (χ1) is 12.9. The molecule has 0 radical (unpaired) electrons. The average molecular weight is 372 g/mol. The maximum atomic E-state index is 11.8. The molecule has 2 aromatic carbocycles. The topological polar surface area (TPSA) is 132 Å². The van der Waals surface area contributed by atoms with Gasteiger partial charge in [-0.2, -0.15) is 5.10 Å². The number of hydrogen-bond acceptors (Lipinski definition) is 7. The average Bonchev–Trinajstić information content (AvgIpc) is 2.68. The van der Waals surface area contributed by atoms with E-state index in [9.17, 15) is 19.7 Å². The Morgan fingerprint density at radius 2 is 1.78 bits per heavy atom. The van der Waals surface area contributed by atoms with Crippen molar-refractivity contribution >= 4 is 29.4 Å². The first kappa shape index (κ1) is 19.4. The Morgan fingerprint density at radius 1 is 1.07 bits per heavy atom. The van der Waals surface area contributed by atoms with E-state index < -0.39 is 16.7 Å². The van der Waals surface area contributed by atoms with E-state index in [1.165, 1.54) is 38.6 Å². The zero-order valence-electron chi connectivity index (χ0n) is 14.5. The van der Waals surface area contributed by atoms with Crippen LogP contribution in [0.3, 0.4) is 0 Å². The SMILES string of the molecule is COc1ccc(NC(=O)C(=O)N/N=C\c2ccc(OC)c([N+](=O)[O-])c2)cc1. The fourth-order valence-electron chi connectivity index (χ4n) is 2.01. The Morgan fingerprint density at radius 3 is 2.37 bits per heavy atom. The van der Waals surface area contributed by atoms with Crippen LogP contribution in [-0.2, 0) is 9.59 Å². The molecule has 0 aliphatic carbocycles. The van der Waals surface area contributed by atoms with E-state index >= 15 is 0 Å². The van der Waals surface area contributed by atoms with E-state index in [4.69, 9.17) is 9.47 Å². The Hall–Kier alpha value is -3.95. The van der Waals surface area contributed by atoms with Crippen molar-refractivity contribution in [2.24, 2.45) is 5.10 Å². The number of ether oxygens (including phenoxy) is 2. The summed E-state index contributed by atoms with van der Waals surface area (Å²) in [6, 6.07) is 10.5. The number of hydrazone groups is 1. The summed E-state index contributed by atoms with van der Waals surface area (Å²) in [5.41, 5.74) is 2.55. The predicted molar refractivity (Wildman–Crippen MR) is 97.0 cm³/mol. The first-order valence-electron chi connectivity index (χ1n) is 7.55. The lowest BCUT2D eigenvalue weighted by atomic mass is 10.2. The molecule has 0 aliphatic heterocycles. The molecule has 0 fully saturated rings. The second-order valence-corrected chi connectivity index (χ2v) is 5.07. The van der Waals surface area contributed by atoms with Crippen LogP contribution in [-0.4, -0.2) is 37.2 Å². The number of carbonyl (C=O) groups is 2. The Balaban J connectivity index is 1.96. The van der Waals surface area contributed by atoms with E-state index in [1.807, 2.05) is 5.43 Å². The zero-order valence-corrected chi connectivity index (χ0v) is 14.5. The van der Waals surface area contributed by atoms with Crippen molar-refractivity contribution in [1.29, 1.82) is 0 Å². The molecule has 2 aromatic rings. The molecule has 0 spiro atoms. The van der Waals surface area contributed by atoms with Crippen molar-refractivity contribution in [3.8, 4) is 11.5 Å². The van der Waals surface area contributed by atoms with Gasteiger partial charge in [0.1, 0.15) is 5.75 Å². The van der Waals surface area contributed by atoms with Crippen LogP contribution < -0.4 is 20.2 Å². The highest BCUT2D eigenvalue weighted by molar-refractivity contribution is 6.39.